The van der Waals surface area contributed by atoms with Crippen LogP contribution in [-0.4, -0.2) is 22.9 Å². The molecule has 0 saturated heterocycles. The van der Waals surface area contributed by atoms with E-state index in [0.717, 1.165) is 11.4 Å². The molecule has 0 aliphatic carbocycles. The predicted molar refractivity (Wildman–Crippen MR) is 78.6 cm³/mol. The zero-order chi connectivity index (χ0) is 14.9. The van der Waals surface area contributed by atoms with Gasteiger partial charge in [0, 0.05) is 10.4 Å². The lowest BCUT2D eigenvalue weighted by atomic mass is 9.91. The summed E-state index contributed by atoms with van der Waals surface area (Å²) in [5, 5.41) is 5.01. The van der Waals surface area contributed by atoms with Crippen molar-refractivity contribution in [3.8, 4) is 5.69 Å². The highest BCUT2D eigenvalue weighted by atomic mass is 35.5. The van der Waals surface area contributed by atoms with Gasteiger partial charge in [-0.1, -0.05) is 32.4 Å². The minimum Gasteiger partial charge on any atom is -0.464 e. The van der Waals surface area contributed by atoms with E-state index in [1.165, 1.54) is 7.11 Å². The van der Waals surface area contributed by atoms with Crippen LogP contribution in [0.25, 0.3) is 5.69 Å². The normalized spacial score (nSPS) is 11.4. The number of hydrogen-bond donors (Lipinski definition) is 0. The van der Waals surface area contributed by atoms with Gasteiger partial charge in [0.05, 0.1) is 18.5 Å². The molecule has 0 fully saturated rings. The van der Waals surface area contributed by atoms with Gasteiger partial charge in [0.15, 0.2) is 5.69 Å². The third kappa shape index (κ3) is 2.85. The second-order valence-corrected chi connectivity index (χ2v) is 5.98. The van der Waals surface area contributed by atoms with E-state index in [0.29, 0.717) is 10.7 Å². The van der Waals surface area contributed by atoms with E-state index in [1.807, 2.05) is 12.1 Å². The molecule has 1 aromatic carbocycles. The van der Waals surface area contributed by atoms with Gasteiger partial charge in [0.25, 0.3) is 0 Å². The monoisotopic (exact) mass is 292 g/mol. The Morgan fingerprint density at radius 2 is 1.85 bits per heavy atom. The van der Waals surface area contributed by atoms with Crippen molar-refractivity contribution < 1.29 is 9.53 Å². The molecule has 2 aromatic rings. The lowest BCUT2D eigenvalue weighted by Gasteiger charge is -2.20. The average molecular weight is 293 g/mol. The van der Waals surface area contributed by atoms with Crippen LogP contribution in [0.2, 0.25) is 5.02 Å². The first-order valence-electron chi connectivity index (χ1n) is 6.28. The largest absolute Gasteiger partial charge is 0.464 e. The molecule has 0 atom stereocenters. The molecule has 0 amide bonds. The number of aromatic nitrogens is 2. The van der Waals surface area contributed by atoms with Crippen molar-refractivity contribution in [1.29, 1.82) is 0 Å². The van der Waals surface area contributed by atoms with Crippen LogP contribution in [0.4, 0.5) is 0 Å². The summed E-state index contributed by atoms with van der Waals surface area (Å²) in [6.07, 6.45) is 0. The van der Waals surface area contributed by atoms with Crippen LogP contribution in [0.5, 0.6) is 0 Å². The Morgan fingerprint density at radius 3 is 2.35 bits per heavy atom. The van der Waals surface area contributed by atoms with Crippen molar-refractivity contribution in [1.82, 2.24) is 9.78 Å². The van der Waals surface area contributed by atoms with Gasteiger partial charge in [0.1, 0.15) is 0 Å². The van der Waals surface area contributed by atoms with Crippen LogP contribution < -0.4 is 0 Å². The first kappa shape index (κ1) is 14.6. The number of carbonyl (C=O) groups is 1. The maximum absolute atomic E-state index is 11.7. The van der Waals surface area contributed by atoms with E-state index in [1.54, 1.807) is 22.9 Å². The Balaban J connectivity index is 2.58. The van der Waals surface area contributed by atoms with Gasteiger partial charge in [-0.25, -0.2) is 9.48 Å². The molecular formula is C15H17ClN2O2. The smallest absolute Gasteiger partial charge is 0.358 e. The van der Waals surface area contributed by atoms with Crippen molar-refractivity contribution in [3.05, 3.63) is 46.7 Å². The number of esters is 1. The fraction of sp³-hybridized carbons (Fsp3) is 0.333. The maximum atomic E-state index is 11.7. The molecule has 0 saturated carbocycles. The van der Waals surface area contributed by atoms with E-state index in [2.05, 4.69) is 25.9 Å². The molecule has 1 aromatic heterocycles. The summed E-state index contributed by atoms with van der Waals surface area (Å²) < 4.78 is 6.49. The Bertz CT molecular complexity index is 624. The standard InChI is InChI=1S/C15H17ClN2O2/c1-15(2,3)13-9-12(14(19)20-4)17-18(13)11-7-5-10(16)6-8-11/h5-9H,1-4H3. The van der Waals surface area contributed by atoms with Gasteiger partial charge in [-0.3, -0.25) is 0 Å². The molecule has 2 rings (SSSR count). The Hall–Kier alpha value is -1.81. The van der Waals surface area contributed by atoms with Crippen molar-refractivity contribution >= 4 is 17.6 Å². The summed E-state index contributed by atoms with van der Waals surface area (Å²) in [7, 11) is 1.35. The molecule has 1 heterocycles. The number of carbonyl (C=O) groups excluding carboxylic acids is 1. The number of halogens is 1. The summed E-state index contributed by atoms with van der Waals surface area (Å²) in [5.74, 6) is -0.441. The van der Waals surface area contributed by atoms with E-state index < -0.39 is 5.97 Å². The van der Waals surface area contributed by atoms with Crippen molar-refractivity contribution in [2.75, 3.05) is 7.11 Å². The first-order valence-corrected chi connectivity index (χ1v) is 6.65. The predicted octanol–water partition coefficient (Wildman–Crippen LogP) is 3.61. The van der Waals surface area contributed by atoms with Gasteiger partial charge < -0.3 is 4.74 Å². The first-order chi connectivity index (χ1) is 9.32. The number of nitrogens with zero attached hydrogens (tertiary/aromatic N) is 2. The molecule has 4 nitrogen and oxygen atoms in total. The Labute approximate surface area is 123 Å². The van der Waals surface area contributed by atoms with Crippen LogP contribution in [0.3, 0.4) is 0 Å². The van der Waals surface area contributed by atoms with E-state index in [-0.39, 0.29) is 5.41 Å². The fourth-order valence-corrected chi connectivity index (χ4v) is 2.02. The number of ether oxygens (including phenoxy) is 1. The van der Waals surface area contributed by atoms with Crippen LogP contribution in [0, 0.1) is 0 Å². The molecule has 0 bridgehead atoms. The van der Waals surface area contributed by atoms with Gasteiger partial charge in [-0.05, 0) is 30.3 Å². The summed E-state index contributed by atoms with van der Waals surface area (Å²) in [6, 6.07) is 9.09. The molecule has 0 aliphatic heterocycles. The third-order valence-corrected chi connectivity index (χ3v) is 3.20. The van der Waals surface area contributed by atoms with Crippen molar-refractivity contribution in [2.24, 2.45) is 0 Å². The summed E-state index contributed by atoms with van der Waals surface area (Å²) in [6.45, 7) is 6.20. The molecule has 0 spiro atoms. The van der Waals surface area contributed by atoms with Crippen molar-refractivity contribution in [2.45, 2.75) is 26.2 Å². The molecule has 5 heteroatoms. The zero-order valence-electron chi connectivity index (χ0n) is 12.0. The summed E-state index contributed by atoms with van der Waals surface area (Å²) in [4.78, 5) is 11.7. The van der Waals surface area contributed by atoms with Gasteiger partial charge in [0.2, 0.25) is 0 Å². The maximum Gasteiger partial charge on any atom is 0.358 e. The van der Waals surface area contributed by atoms with Crippen LogP contribution in [0.1, 0.15) is 37.0 Å². The topological polar surface area (TPSA) is 44.1 Å². The zero-order valence-corrected chi connectivity index (χ0v) is 12.7. The van der Waals surface area contributed by atoms with Crippen molar-refractivity contribution in [3.63, 3.8) is 0 Å². The number of methoxy groups -OCH3 is 1. The quantitative estimate of drug-likeness (QED) is 0.794. The van der Waals surface area contributed by atoms with Gasteiger partial charge in [-0.2, -0.15) is 5.10 Å². The highest BCUT2D eigenvalue weighted by Gasteiger charge is 2.24. The molecule has 20 heavy (non-hydrogen) atoms. The minimum absolute atomic E-state index is 0.154. The number of hydrogen-bond acceptors (Lipinski definition) is 3. The van der Waals surface area contributed by atoms with E-state index >= 15 is 0 Å². The molecule has 0 unspecified atom stereocenters. The lowest BCUT2D eigenvalue weighted by molar-refractivity contribution is 0.0593. The third-order valence-electron chi connectivity index (χ3n) is 2.94. The molecule has 0 aliphatic rings. The number of rotatable bonds is 2. The summed E-state index contributed by atoms with van der Waals surface area (Å²) in [5.41, 5.74) is 1.93. The lowest BCUT2D eigenvalue weighted by Crippen LogP contribution is -2.17. The van der Waals surface area contributed by atoms with E-state index in [4.69, 9.17) is 16.3 Å². The second-order valence-electron chi connectivity index (χ2n) is 5.54. The summed E-state index contributed by atoms with van der Waals surface area (Å²) >= 11 is 5.90. The fourth-order valence-electron chi connectivity index (χ4n) is 1.90. The van der Waals surface area contributed by atoms with Gasteiger partial charge in [-0.15, -0.1) is 0 Å². The highest BCUT2D eigenvalue weighted by Crippen LogP contribution is 2.26. The van der Waals surface area contributed by atoms with Crippen LogP contribution >= 0.6 is 11.6 Å². The second kappa shape index (κ2) is 5.29. The Morgan fingerprint density at radius 1 is 1.25 bits per heavy atom. The number of benzene rings is 1. The average Bonchev–Trinajstić information content (AvgIpc) is 2.83. The SMILES string of the molecule is COC(=O)c1cc(C(C)(C)C)n(-c2ccc(Cl)cc2)n1. The van der Waals surface area contributed by atoms with E-state index in [9.17, 15) is 4.79 Å². The Kier molecular flexibility index (Phi) is 3.86. The molecule has 106 valence electrons. The highest BCUT2D eigenvalue weighted by molar-refractivity contribution is 6.30. The molecule has 0 N–H and O–H groups in total. The van der Waals surface area contributed by atoms with Gasteiger partial charge >= 0.3 is 5.97 Å². The minimum atomic E-state index is -0.441. The van der Waals surface area contributed by atoms with Crippen LogP contribution in [0.15, 0.2) is 30.3 Å². The molecule has 0 radical (unpaired) electrons. The van der Waals surface area contributed by atoms with Crippen LogP contribution in [-0.2, 0) is 10.2 Å². The molecular weight excluding hydrogens is 276 g/mol.